The summed E-state index contributed by atoms with van der Waals surface area (Å²) in [5.74, 6) is 0. The van der Waals surface area contributed by atoms with Crippen molar-refractivity contribution in [3.63, 3.8) is 0 Å². The van der Waals surface area contributed by atoms with Gasteiger partial charge in [-0.25, -0.2) is 0 Å². The fourth-order valence-corrected chi connectivity index (χ4v) is 0.391. The van der Waals surface area contributed by atoms with Gasteiger partial charge in [-0.2, -0.15) is 0 Å². The van der Waals surface area contributed by atoms with Crippen molar-refractivity contribution in [3.8, 4) is 0 Å². The Morgan fingerprint density at radius 2 is 2.38 bits per heavy atom. The second kappa shape index (κ2) is 4.63. The van der Waals surface area contributed by atoms with E-state index in [1.54, 1.807) is 0 Å². The Kier molecular flexibility index (Phi) is 4.33. The minimum atomic E-state index is 0.993. The minimum Gasteiger partial charge on any atom is -0.0996 e. The quantitative estimate of drug-likeness (QED) is 0.489. The van der Waals surface area contributed by atoms with Gasteiger partial charge in [0.1, 0.15) is 0 Å². The van der Waals surface area contributed by atoms with Crippen LogP contribution in [0.25, 0.3) is 0 Å². The molecule has 0 rings (SSSR count). The summed E-state index contributed by atoms with van der Waals surface area (Å²) in [6, 6.07) is 0. The lowest BCUT2D eigenvalue weighted by Crippen LogP contribution is -1.71. The molecule has 0 heterocycles. The third-order valence-electron chi connectivity index (χ3n) is 1.09. The Morgan fingerprint density at radius 1 is 1.75 bits per heavy atom. The molecule has 0 atom stereocenters. The average Bonchev–Trinajstić information content (AvgIpc) is 1.83. The second-order valence-electron chi connectivity index (χ2n) is 1.80. The zero-order chi connectivity index (χ0) is 6.41. The first-order chi connectivity index (χ1) is 3.81. The standard InChI is InChI=1S/C8H13/c1-4-6-7-8(3)5-2/h6H,3,5,7H2,1-2H3. The topological polar surface area (TPSA) is 0 Å². The molecule has 0 aromatic heterocycles. The van der Waals surface area contributed by atoms with Crippen molar-refractivity contribution in [2.24, 2.45) is 0 Å². The molecule has 0 saturated carbocycles. The predicted molar refractivity (Wildman–Crippen MR) is 37.5 cm³/mol. The van der Waals surface area contributed by atoms with Crippen molar-refractivity contribution in [1.29, 1.82) is 0 Å². The molecule has 0 heteroatoms. The highest BCUT2D eigenvalue weighted by Gasteiger charge is 1.81. The van der Waals surface area contributed by atoms with Crippen molar-refractivity contribution in [3.05, 3.63) is 24.3 Å². The Bertz CT molecular complexity index is 88.2. The van der Waals surface area contributed by atoms with Gasteiger partial charge >= 0.3 is 0 Å². The molecule has 0 spiro atoms. The molecule has 0 aliphatic rings. The predicted octanol–water partition coefficient (Wildman–Crippen LogP) is 2.72. The molecule has 0 bridgehead atoms. The molecule has 0 aliphatic carbocycles. The third kappa shape index (κ3) is 3.66. The van der Waals surface area contributed by atoms with Gasteiger partial charge in [0, 0.05) is 0 Å². The van der Waals surface area contributed by atoms with Crippen molar-refractivity contribution in [2.75, 3.05) is 0 Å². The van der Waals surface area contributed by atoms with Crippen LogP contribution in [0.3, 0.4) is 0 Å². The molecule has 0 aromatic rings. The van der Waals surface area contributed by atoms with Crippen LogP contribution in [0, 0.1) is 6.08 Å². The van der Waals surface area contributed by atoms with E-state index in [-0.39, 0.29) is 0 Å². The molecule has 1 radical (unpaired) electrons. The Morgan fingerprint density at radius 3 is 2.75 bits per heavy atom. The minimum absolute atomic E-state index is 0.993. The van der Waals surface area contributed by atoms with E-state index in [4.69, 9.17) is 0 Å². The lowest BCUT2D eigenvalue weighted by molar-refractivity contribution is 1.04. The van der Waals surface area contributed by atoms with Gasteiger partial charge < -0.3 is 0 Å². The van der Waals surface area contributed by atoms with E-state index in [9.17, 15) is 0 Å². The summed E-state index contributed by atoms with van der Waals surface area (Å²) >= 11 is 0. The highest BCUT2D eigenvalue weighted by molar-refractivity contribution is 4.98. The van der Waals surface area contributed by atoms with Crippen molar-refractivity contribution < 1.29 is 0 Å². The molecule has 0 aliphatic heterocycles. The zero-order valence-electron chi connectivity index (χ0n) is 5.70. The van der Waals surface area contributed by atoms with Gasteiger partial charge in [0.25, 0.3) is 0 Å². The summed E-state index contributed by atoms with van der Waals surface area (Å²) in [6.07, 6.45) is 7.03. The van der Waals surface area contributed by atoms with Crippen LogP contribution in [-0.2, 0) is 0 Å². The summed E-state index contributed by atoms with van der Waals surface area (Å²) in [7, 11) is 0. The fourth-order valence-electron chi connectivity index (χ4n) is 0.391. The molecule has 0 saturated heterocycles. The number of allylic oxidation sites excluding steroid dienone is 3. The highest BCUT2D eigenvalue weighted by atomic mass is 13.9. The molecule has 0 unspecified atom stereocenters. The SMILES string of the molecule is C=C(CC)CC=[C]C. The molecule has 0 fully saturated rings. The van der Waals surface area contributed by atoms with Crippen LogP contribution in [0.1, 0.15) is 26.7 Å². The molecule has 0 aromatic carbocycles. The van der Waals surface area contributed by atoms with Crippen LogP contribution in [0.4, 0.5) is 0 Å². The van der Waals surface area contributed by atoms with E-state index in [0.717, 1.165) is 12.8 Å². The fraction of sp³-hybridized carbons (Fsp3) is 0.500. The van der Waals surface area contributed by atoms with Gasteiger partial charge in [0.05, 0.1) is 0 Å². The van der Waals surface area contributed by atoms with Gasteiger partial charge in [0.2, 0.25) is 0 Å². The van der Waals surface area contributed by atoms with E-state index in [1.807, 2.05) is 13.0 Å². The molecule has 0 N–H and O–H groups in total. The normalized spacial score (nSPS) is 10.2. The van der Waals surface area contributed by atoms with Crippen molar-refractivity contribution in [2.45, 2.75) is 26.7 Å². The largest absolute Gasteiger partial charge is 0.0996 e. The smallest absolute Gasteiger partial charge is 0.0136 e. The van der Waals surface area contributed by atoms with E-state index in [1.165, 1.54) is 5.57 Å². The summed E-state index contributed by atoms with van der Waals surface area (Å²) in [5, 5.41) is 0. The van der Waals surface area contributed by atoms with Gasteiger partial charge in [-0.1, -0.05) is 31.2 Å². The average molecular weight is 109 g/mol. The summed E-state index contributed by atoms with van der Waals surface area (Å²) in [4.78, 5) is 0. The Balaban J connectivity index is 3.25. The first-order valence-corrected chi connectivity index (χ1v) is 2.96. The monoisotopic (exact) mass is 109 g/mol. The Labute approximate surface area is 51.9 Å². The Hall–Kier alpha value is -0.520. The van der Waals surface area contributed by atoms with Crippen LogP contribution in [0.15, 0.2) is 18.2 Å². The van der Waals surface area contributed by atoms with E-state index >= 15 is 0 Å². The number of hydrogen-bond donors (Lipinski definition) is 0. The first-order valence-electron chi connectivity index (χ1n) is 2.96. The lowest BCUT2D eigenvalue weighted by atomic mass is 10.1. The van der Waals surface area contributed by atoms with Gasteiger partial charge in [-0.15, -0.1) is 0 Å². The van der Waals surface area contributed by atoms with Gasteiger partial charge in [-0.05, 0) is 19.8 Å². The molecular weight excluding hydrogens is 96.1 g/mol. The summed E-state index contributed by atoms with van der Waals surface area (Å²) < 4.78 is 0. The van der Waals surface area contributed by atoms with Crippen molar-refractivity contribution in [1.82, 2.24) is 0 Å². The molecule has 8 heavy (non-hydrogen) atoms. The highest BCUT2D eigenvalue weighted by Crippen LogP contribution is 2.01. The molecular formula is C8H13. The van der Waals surface area contributed by atoms with Crippen LogP contribution in [-0.4, -0.2) is 0 Å². The van der Waals surface area contributed by atoms with Gasteiger partial charge in [-0.3, -0.25) is 0 Å². The first kappa shape index (κ1) is 7.48. The maximum atomic E-state index is 3.84. The van der Waals surface area contributed by atoms with Crippen molar-refractivity contribution >= 4 is 0 Å². The van der Waals surface area contributed by atoms with Gasteiger partial charge in [0.15, 0.2) is 0 Å². The van der Waals surface area contributed by atoms with Crippen LogP contribution < -0.4 is 0 Å². The van der Waals surface area contributed by atoms with Crippen LogP contribution >= 0.6 is 0 Å². The van der Waals surface area contributed by atoms with Crippen LogP contribution in [0.2, 0.25) is 0 Å². The zero-order valence-corrected chi connectivity index (χ0v) is 5.70. The summed E-state index contributed by atoms with van der Waals surface area (Å²) in [5.41, 5.74) is 1.28. The maximum Gasteiger partial charge on any atom is -0.0136 e. The molecule has 0 nitrogen and oxygen atoms in total. The second-order valence-corrected chi connectivity index (χ2v) is 1.80. The molecule has 45 valence electrons. The van der Waals surface area contributed by atoms with E-state index in [2.05, 4.69) is 19.6 Å². The maximum absolute atomic E-state index is 3.84. The number of hydrogen-bond acceptors (Lipinski definition) is 0. The third-order valence-corrected chi connectivity index (χ3v) is 1.09. The van der Waals surface area contributed by atoms with E-state index < -0.39 is 0 Å². The summed E-state index contributed by atoms with van der Waals surface area (Å²) in [6.45, 7) is 7.86. The number of rotatable bonds is 3. The lowest BCUT2D eigenvalue weighted by Gasteiger charge is -1.91. The van der Waals surface area contributed by atoms with E-state index in [0.29, 0.717) is 0 Å². The molecule has 0 amide bonds. The van der Waals surface area contributed by atoms with Crippen LogP contribution in [0.5, 0.6) is 0 Å².